The molecule has 2 atom stereocenters. The summed E-state index contributed by atoms with van der Waals surface area (Å²) in [7, 11) is 0. The van der Waals surface area contributed by atoms with Gasteiger partial charge >= 0.3 is 0 Å². The van der Waals surface area contributed by atoms with E-state index in [1.165, 1.54) is 0 Å². The number of aromatic nitrogens is 2. The summed E-state index contributed by atoms with van der Waals surface area (Å²) in [5.41, 5.74) is 6.65. The van der Waals surface area contributed by atoms with Crippen molar-refractivity contribution in [1.29, 1.82) is 0 Å². The number of nitrogens with one attached hydrogen (secondary N) is 1. The lowest BCUT2D eigenvalue weighted by atomic mass is 10.0. The van der Waals surface area contributed by atoms with Gasteiger partial charge in [0.25, 0.3) is 5.89 Å². The van der Waals surface area contributed by atoms with Crippen molar-refractivity contribution in [2.45, 2.75) is 32.9 Å². The summed E-state index contributed by atoms with van der Waals surface area (Å²) in [6.45, 7) is 5.60. The van der Waals surface area contributed by atoms with Crippen molar-refractivity contribution in [2.24, 2.45) is 11.7 Å². The fraction of sp³-hybridized carbons (Fsp3) is 0.400. The van der Waals surface area contributed by atoms with Gasteiger partial charge < -0.3 is 15.6 Å². The second-order valence-electron chi connectivity index (χ2n) is 5.32. The fourth-order valence-electron chi connectivity index (χ4n) is 1.79. The monoisotopic (exact) mass is 288 g/mol. The zero-order chi connectivity index (χ0) is 15.4. The third-order valence-electron chi connectivity index (χ3n) is 3.23. The molecule has 0 saturated heterocycles. The molecule has 112 valence electrons. The zero-order valence-corrected chi connectivity index (χ0v) is 12.4. The molecule has 1 aromatic heterocycles. The Morgan fingerprint density at radius 1 is 1.24 bits per heavy atom. The van der Waals surface area contributed by atoms with E-state index in [-0.39, 0.29) is 17.9 Å². The highest BCUT2D eigenvalue weighted by Gasteiger charge is 2.22. The molecule has 0 radical (unpaired) electrons. The maximum Gasteiger partial charge on any atom is 0.257 e. The van der Waals surface area contributed by atoms with Gasteiger partial charge in [-0.15, -0.1) is 0 Å². The van der Waals surface area contributed by atoms with Crippen molar-refractivity contribution >= 4 is 5.91 Å². The van der Waals surface area contributed by atoms with E-state index in [0.717, 1.165) is 5.56 Å². The van der Waals surface area contributed by atoms with Crippen LogP contribution in [0, 0.1) is 5.92 Å². The molecule has 2 unspecified atom stereocenters. The Morgan fingerprint density at radius 2 is 1.90 bits per heavy atom. The van der Waals surface area contributed by atoms with Gasteiger partial charge in [0.2, 0.25) is 5.91 Å². The van der Waals surface area contributed by atoms with Gasteiger partial charge in [-0.2, -0.15) is 4.98 Å². The summed E-state index contributed by atoms with van der Waals surface area (Å²) in [6.07, 6.45) is 0. The Kier molecular flexibility index (Phi) is 4.70. The van der Waals surface area contributed by atoms with Crippen molar-refractivity contribution < 1.29 is 9.32 Å². The number of nitrogens with zero attached hydrogens (tertiary/aromatic N) is 2. The lowest BCUT2D eigenvalue weighted by Crippen LogP contribution is -2.44. The van der Waals surface area contributed by atoms with Crippen LogP contribution >= 0.6 is 0 Å². The molecular formula is C15H20N4O2. The Labute approximate surface area is 123 Å². The predicted molar refractivity (Wildman–Crippen MR) is 79.1 cm³/mol. The smallest absolute Gasteiger partial charge is 0.257 e. The Morgan fingerprint density at radius 3 is 2.52 bits per heavy atom. The minimum atomic E-state index is -0.548. The quantitative estimate of drug-likeness (QED) is 0.876. The molecular weight excluding hydrogens is 268 g/mol. The summed E-state index contributed by atoms with van der Waals surface area (Å²) in [4.78, 5) is 16.2. The average molecular weight is 288 g/mol. The van der Waals surface area contributed by atoms with Crippen molar-refractivity contribution in [3.8, 4) is 11.5 Å². The van der Waals surface area contributed by atoms with E-state index in [2.05, 4.69) is 15.5 Å². The highest BCUT2D eigenvalue weighted by atomic mass is 16.5. The van der Waals surface area contributed by atoms with Crippen LogP contribution in [0.5, 0.6) is 0 Å². The highest BCUT2D eigenvalue weighted by Crippen LogP contribution is 2.18. The van der Waals surface area contributed by atoms with E-state index in [4.69, 9.17) is 10.3 Å². The Balaban J connectivity index is 2.06. The molecule has 0 aliphatic heterocycles. The topological polar surface area (TPSA) is 94.0 Å². The van der Waals surface area contributed by atoms with E-state index in [1.54, 1.807) is 6.92 Å². The van der Waals surface area contributed by atoms with E-state index in [9.17, 15) is 4.79 Å². The first-order chi connectivity index (χ1) is 9.99. The molecule has 6 nitrogen and oxygen atoms in total. The molecule has 21 heavy (non-hydrogen) atoms. The average Bonchev–Trinajstić information content (AvgIpc) is 2.97. The van der Waals surface area contributed by atoms with Crippen molar-refractivity contribution in [3.05, 3.63) is 36.2 Å². The lowest BCUT2D eigenvalue weighted by Gasteiger charge is -2.17. The van der Waals surface area contributed by atoms with Gasteiger partial charge in [-0.25, -0.2) is 0 Å². The molecule has 0 bridgehead atoms. The van der Waals surface area contributed by atoms with Crippen LogP contribution in [0.1, 0.15) is 32.6 Å². The first-order valence-corrected chi connectivity index (χ1v) is 6.94. The number of amides is 1. The maximum absolute atomic E-state index is 11.9. The standard InChI is InChI=1S/C15H20N4O2/c1-9(2)12(16)14(20)17-10(3)13-18-15(21-19-13)11-7-5-4-6-8-11/h4-10,12H,16H2,1-3H3,(H,17,20). The van der Waals surface area contributed by atoms with Gasteiger partial charge in [0.05, 0.1) is 12.1 Å². The molecule has 0 aliphatic carbocycles. The van der Waals surface area contributed by atoms with Crippen molar-refractivity contribution in [3.63, 3.8) is 0 Å². The number of hydrogen-bond acceptors (Lipinski definition) is 5. The van der Waals surface area contributed by atoms with Crippen LogP contribution in [0.3, 0.4) is 0 Å². The molecule has 0 aliphatic rings. The molecule has 0 fully saturated rings. The van der Waals surface area contributed by atoms with E-state index >= 15 is 0 Å². The van der Waals surface area contributed by atoms with Crippen LogP contribution in [-0.4, -0.2) is 22.1 Å². The Hall–Kier alpha value is -2.21. The van der Waals surface area contributed by atoms with Crippen LogP contribution in [0.4, 0.5) is 0 Å². The fourth-order valence-corrected chi connectivity index (χ4v) is 1.79. The summed E-state index contributed by atoms with van der Waals surface area (Å²) < 4.78 is 5.22. The van der Waals surface area contributed by atoms with Crippen molar-refractivity contribution in [2.75, 3.05) is 0 Å². The van der Waals surface area contributed by atoms with Gasteiger partial charge in [-0.3, -0.25) is 4.79 Å². The number of rotatable bonds is 5. The molecule has 1 heterocycles. The largest absolute Gasteiger partial charge is 0.345 e. The number of benzene rings is 1. The third-order valence-corrected chi connectivity index (χ3v) is 3.23. The number of hydrogen-bond donors (Lipinski definition) is 2. The van der Waals surface area contributed by atoms with E-state index in [1.807, 2.05) is 44.2 Å². The molecule has 2 rings (SSSR count). The summed E-state index contributed by atoms with van der Waals surface area (Å²) in [5.74, 6) is 0.712. The normalized spacial score (nSPS) is 14.0. The van der Waals surface area contributed by atoms with Gasteiger partial charge in [-0.05, 0) is 25.0 Å². The van der Waals surface area contributed by atoms with Gasteiger partial charge in [-0.1, -0.05) is 37.2 Å². The van der Waals surface area contributed by atoms with Crippen LogP contribution in [0.25, 0.3) is 11.5 Å². The molecule has 3 N–H and O–H groups in total. The summed E-state index contributed by atoms with van der Waals surface area (Å²) in [6, 6.07) is 8.57. The SMILES string of the molecule is CC(NC(=O)C(N)C(C)C)c1noc(-c2ccccc2)n1. The summed E-state index contributed by atoms with van der Waals surface area (Å²) in [5, 5.41) is 6.70. The molecule has 0 spiro atoms. The van der Waals surface area contributed by atoms with Gasteiger partial charge in [0.15, 0.2) is 5.82 Å². The van der Waals surface area contributed by atoms with Crippen molar-refractivity contribution in [1.82, 2.24) is 15.5 Å². The maximum atomic E-state index is 11.9. The minimum absolute atomic E-state index is 0.0716. The van der Waals surface area contributed by atoms with Crippen LogP contribution in [0.15, 0.2) is 34.9 Å². The third kappa shape index (κ3) is 3.66. The highest BCUT2D eigenvalue weighted by molar-refractivity contribution is 5.82. The van der Waals surface area contributed by atoms with Crippen LogP contribution < -0.4 is 11.1 Å². The molecule has 2 aromatic rings. The second-order valence-corrected chi connectivity index (χ2v) is 5.32. The molecule has 6 heteroatoms. The van der Waals surface area contributed by atoms with Crippen LogP contribution in [0.2, 0.25) is 0 Å². The second kappa shape index (κ2) is 6.49. The van der Waals surface area contributed by atoms with E-state index < -0.39 is 6.04 Å². The summed E-state index contributed by atoms with van der Waals surface area (Å²) >= 11 is 0. The lowest BCUT2D eigenvalue weighted by molar-refractivity contribution is -0.123. The molecule has 1 amide bonds. The van der Waals surface area contributed by atoms with Gasteiger partial charge in [0.1, 0.15) is 0 Å². The minimum Gasteiger partial charge on any atom is -0.345 e. The molecule has 0 saturated carbocycles. The number of carbonyl (C=O) groups excluding carboxylic acids is 1. The first-order valence-electron chi connectivity index (χ1n) is 6.94. The predicted octanol–water partition coefficient (Wildman–Crippen LogP) is 1.90. The molecule has 1 aromatic carbocycles. The number of nitrogens with two attached hydrogens (primary N) is 1. The zero-order valence-electron chi connectivity index (χ0n) is 12.4. The first kappa shape index (κ1) is 15.2. The van der Waals surface area contributed by atoms with Gasteiger partial charge in [0, 0.05) is 5.56 Å². The Bertz CT molecular complexity index is 595. The van der Waals surface area contributed by atoms with E-state index in [0.29, 0.717) is 11.7 Å². The van der Waals surface area contributed by atoms with Crippen LogP contribution in [-0.2, 0) is 4.79 Å². The number of carbonyl (C=O) groups is 1.